The SMILES string of the molecule is CCOC(=O)[C@@H]1[C@@H]2CC(C)C3(S2)C(C(=O)Nc2c(C)cccc2Cl)N(CCO)C(=O)[C@H]13. The van der Waals surface area contributed by atoms with Crippen LogP contribution in [0, 0.1) is 24.7 Å². The van der Waals surface area contributed by atoms with Gasteiger partial charge in [0, 0.05) is 11.8 Å². The van der Waals surface area contributed by atoms with E-state index >= 15 is 0 Å². The number of aliphatic hydroxyl groups is 1. The first-order valence-electron chi connectivity index (χ1n) is 10.6. The third-order valence-corrected chi connectivity index (χ3v) is 9.25. The van der Waals surface area contributed by atoms with Crippen molar-refractivity contribution in [1.82, 2.24) is 4.90 Å². The van der Waals surface area contributed by atoms with Crippen molar-refractivity contribution < 1.29 is 24.2 Å². The second kappa shape index (κ2) is 8.30. The molecule has 3 heterocycles. The van der Waals surface area contributed by atoms with E-state index in [4.69, 9.17) is 16.3 Å². The molecule has 6 atom stereocenters. The van der Waals surface area contributed by atoms with Crippen molar-refractivity contribution in [3.05, 3.63) is 28.8 Å². The van der Waals surface area contributed by atoms with Crippen LogP contribution in [0.3, 0.4) is 0 Å². The van der Waals surface area contributed by atoms with Gasteiger partial charge in [-0.2, -0.15) is 0 Å². The highest BCUT2D eigenvalue weighted by Gasteiger charge is 2.76. The van der Waals surface area contributed by atoms with E-state index in [9.17, 15) is 19.5 Å². The Morgan fingerprint density at radius 2 is 2.16 bits per heavy atom. The molecule has 2 N–H and O–H groups in total. The van der Waals surface area contributed by atoms with Gasteiger partial charge in [-0.15, -0.1) is 11.8 Å². The Morgan fingerprint density at radius 1 is 1.42 bits per heavy atom. The molecule has 3 unspecified atom stereocenters. The van der Waals surface area contributed by atoms with Gasteiger partial charge in [0.15, 0.2) is 0 Å². The lowest BCUT2D eigenvalue weighted by atomic mass is 9.66. The number of nitrogens with one attached hydrogen (secondary N) is 1. The Hall–Kier alpha value is -1.77. The number of rotatable bonds is 6. The van der Waals surface area contributed by atoms with Gasteiger partial charge in [-0.1, -0.05) is 30.7 Å². The number of anilines is 1. The smallest absolute Gasteiger partial charge is 0.310 e. The molecule has 3 saturated heterocycles. The second-order valence-corrected chi connectivity index (χ2v) is 10.4. The molecular weight excluding hydrogens is 440 g/mol. The molecule has 1 aromatic carbocycles. The summed E-state index contributed by atoms with van der Waals surface area (Å²) in [6.07, 6.45) is 0.736. The fourth-order valence-electron chi connectivity index (χ4n) is 5.66. The number of para-hydroxylation sites is 1. The molecule has 1 aromatic rings. The van der Waals surface area contributed by atoms with Gasteiger partial charge in [0.25, 0.3) is 0 Å². The minimum atomic E-state index is -0.808. The van der Waals surface area contributed by atoms with Crippen LogP contribution in [0.4, 0.5) is 5.69 Å². The molecule has 3 aliphatic heterocycles. The number of β-amino-alcohol motifs (C(OH)–C–C–N with tert-alkyl or cyclic N) is 1. The number of likely N-dealkylation sites (tertiary alicyclic amines) is 1. The number of aliphatic hydroxyl groups excluding tert-OH is 1. The van der Waals surface area contributed by atoms with E-state index < -0.39 is 22.6 Å². The fourth-order valence-corrected chi connectivity index (χ4v) is 8.33. The summed E-state index contributed by atoms with van der Waals surface area (Å²) < 4.78 is 4.55. The zero-order valence-electron chi connectivity index (χ0n) is 17.8. The van der Waals surface area contributed by atoms with Crippen LogP contribution in [0.2, 0.25) is 5.02 Å². The van der Waals surface area contributed by atoms with Crippen LogP contribution in [0.5, 0.6) is 0 Å². The standard InChI is InChI=1S/C22H27ClN2O5S/c1-4-30-21(29)15-14-10-12(3)22(31-14)16(15)20(28)25(8-9-26)18(22)19(27)24-17-11(2)6-5-7-13(17)23/h5-7,12,14-16,18,26H,4,8-10H2,1-3H3,(H,24,27)/t12?,14-,15+,16-,18?,22?/m0/s1. The molecule has 0 radical (unpaired) electrons. The molecule has 9 heteroatoms. The Kier molecular flexibility index (Phi) is 6.00. The maximum absolute atomic E-state index is 13.6. The molecule has 0 aromatic heterocycles. The van der Waals surface area contributed by atoms with Crippen LogP contribution in [0.15, 0.2) is 18.2 Å². The Labute approximate surface area is 190 Å². The largest absolute Gasteiger partial charge is 0.466 e. The third kappa shape index (κ3) is 3.26. The highest BCUT2D eigenvalue weighted by Crippen LogP contribution is 2.68. The lowest BCUT2D eigenvalue weighted by Gasteiger charge is -2.38. The van der Waals surface area contributed by atoms with Gasteiger partial charge in [0.1, 0.15) is 6.04 Å². The van der Waals surface area contributed by atoms with E-state index in [0.717, 1.165) is 12.0 Å². The number of esters is 1. The fraction of sp³-hybridized carbons (Fsp3) is 0.591. The summed E-state index contributed by atoms with van der Waals surface area (Å²) in [6.45, 7) is 5.64. The van der Waals surface area contributed by atoms with Crippen LogP contribution < -0.4 is 5.32 Å². The van der Waals surface area contributed by atoms with E-state index in [1.54, 1.807) is 30.8 Å². The lowest BCUT2D eigenvalue weighted by molar-refractivity contribution is -0.154. The molecule has 7 nitrogen and oxygen atoms in total. The minimum Gasteiger partial charge on any atom is -0.466 e. The molecule has 0 aliphatic carbocycles. The number of hydrogen-bond donors (Lipinski definition) is 2. The molecule has 4 rings (SSSR count). The van der Waals surface area contributed by atoms with E-state index in [-0.39, 0.29) is 48.7 Å². The van der Waals surface area contributed by atoms with Crippen LogP contribution in [-0.4, -0.2) is 63.6 Å². The highest BCUT2D eigenvalue weighted by atomic mass is 35.5. The number of aryl methyl sites for hydroxylation is 1. The van der Waals surface area contributed by atoms with Gasteiger partial charge >= 0.3 is 5.97 Å². The first kappa shape index (κ1) is 22.4. The highest BCUT2D eigenvalue weighted by molar-refractivity contribution is 8.02. The average Bonchev–Trinajstić information content (AvgIpc) is 3.30. The second-order valence-electron chi connectivity index (χ2n) is 8.48. The number of amides is 2. The first-order valence-corrected chi connectivity index (χ1v) is 11.8. The van der Waals surface area contributed by atoms with Crippen molar-refractivity contribution in [2.75, 3.05) is 25.1 Å². The van der Waals surface area contributed by atoms with Crippen molar-refractivity contribution in [2.24, 2.45) is 17.8 Å². The number of thioether (sulfide) groups is 1. The van der Waals surface area contributed by atoms with Crippen molar-refractivity contribution in [1.29, 1.82) is 0 Å². The van der Waals surface area contributed by atoms with Crippen LogP contribution >= 0.6 is 23.4 Å². The normalized spacial score (nSPS) is 33.5. The minimum absolute atomic E-state index is 0.0319. The maximum Gasteiger partial charge on any atom is 0.310 e. The van der Waals surface area contributed by atoms with Crippen molar-refractivity contribution in [2.45, 2.75) is 43.2 Å². The van der Waals surface area contributed by atoms with Gasteiger partial charge in [-0.3, -0.25) is 14.4 Å². The Bertz CT molecular complexity index is 907. The molecule has 3 aliphatic rings. The molecule has 0 saturated carbocycles. The zero-order chi connectivity index (χ0) is 22.5. The maximum atomic E-state index is 13.6. The van der Waals surface area contributed by atoms with E-state index in [0.29, 0.717) is 10.7 Å². The zero-order valence-corrected chi connectivity index (χ0v) is 19.3. The number of halogens is 1. The lowest BCUT2D eigenvalue weighted by Crippen LogP contribution is -2.55. The van der Waals surface area contributed by atoms with Crippen molar-refractivity contribution >= 4 is 46.8 Å². The molecule has 1 spiro atoms. The van der Waals surface area contributed by atoms with Crippen LogP contribution in [-0.2, 0) is 19.1 Å². The molecule has 3 fully saturated rings. The molecule has 2 bridgehead atoms. The topological polar surface area (TPSA) is 95.9 Å². The molecular formula is C22H27ClN2O5S. The predicted octanol–water partition coefficient (Wildman–Crippen LogP) is 2.48. The average molecular weight is 467 g/mol. The summed E-state index contributed by atoms with van der Waals surface area (Å²) in [5, 5.41) is 12.9. The number of hydrogen-bond acceptors (Lipinski definition) is 6. The van der Waals surface area contributed by atoms with Gasteiger partial charge < -0.3 is 20.1 Å². The summed E-state index contributed by atoms with van der Waals surface area (Å²) in [4.78, 5) is 41.4. The number of fused-ring (bicyclic) bond motifs is 1. The number of carbonyl (C=O) groups is 3. The molecule has 2 amide bonds. The molecule has 31 heavy (non-hydrogen) atoms. The van der Waals surface area contributed by atoms with Crippen LogP contribution in [0.1, 0.15) is 25.8 Å². The van der Waals surface area contributed by atoms with Crippen LogP contribution in [0.25, 0.3) is 0 Å². The van der Waals surface area contributed by atoms with E-state index in [1.165, 1.54) is 4.90 Å². The summed E-state index contributed by atoms with van der Waals surface area (Å²) in [5.74, 6) is -2.14. The van der Waals surface area contributed by atoms with Gasteiger partial charge in [0.05, 0.1) is 40.5 Å². The monoisotopic (exact) mass is 466 g/mol. The summed E-state index contributed by atoms with van der Waals surface area (Å²) in [5.41, 5.74) is 1.33. The van der Waals surface area contributed by atoms with Gasteiger partial charge in [-0.05, 0) is 37.8 Å². The summed E-state index contributed by atoms with van der Waals surface area (Å²) in [6, 6.07) is 4.55. The number of carbonyl (C=O) groups excluding carboxylic acids is 3. The third-order valence-electron chi connectivity index (χ3n) is 6.86. The van der Waals surface area contributed by atoms with Gasteiger partial charge in [0.2, 0.25) is 11.8 Å². The first-order chi connectivity index (χ1) is 14.8. The molecule has 168 valence electrons. The van der Waals surface area contributed by atoms with E-state index in [2.05, 4.69) is 5.32 Å². The number of nitrogens with zero attached hydrogens (tertiary/aromatic N) is 1. The predicted molar refractivity (Wildman–Crippen MR) is 119 cm³/mol. The number of benzene rings is 1. The van der Waals surface area contributed by atoms with Crippen molar-refractivity contribution in [3.63, 3.8) is 0 Å². The van der Waals surface area contributed by atoms with Gasteiger partial charge in [-0.25, -0.2) is 0 Å². The summed E-state index contributed by atoms with van der Waals surface area (Å²) in [7, 11) is 0. The van der Waals surface area contributed by atoms with E-state index in [1.807, 2.05) is 19.9 Å². The summed E-state index contributed by atoms with van der Waals surface area (Å²) >= 11 is 7.89. The Balaban J connectivity index is 1.75. The quantitative estimate of drug-likeness (QED) is 0.625. The Morgan fingerprint density at radius 3 is 2.81 bits per heavy atom. The number of ether oxygens (including phenoxy) is 1. The van der Waals surface area contributed by atoms with Crippen molar-refractivity contribution in [3.8, 4) is 0 Å².